The molecule has 2 nitrogen and oxygen atoms in total. The summed E-state index contributed by atoms with van der Waals surface area (Å²) in [6, 6.07) is 2.16. The Labute approximate surface area is 91.1 Å². The van der Waals surface area contributed by atoms with E-state index in [1.165, 1.54) is 37.8 Å². The van der Waals surface area contributed by atoms with E-state index in [1.807, 2.05) is 6.92 Å². The molecule has 0 bridgehead atoms. The van der Waals surface area contributed by atoms with Gasteiger partial charge in [0.1, 0.15) is 0 Å². The molecule has 0 radical (unpaired) electrons. The maximum atomic E-state index is 11.3. The number of hydrogen-bond acceptors (Lipinski definition) is 1. The molecule has 1 aliphatic carbocycles. The summed E-state index contributed by atoms with van der Waals surface area (Å²) in [7, 11) is 0. The summed E-state index contributed by atoms with van der Waals surface area (Å²) in [5.41, 5.74) is 3.18. The summed E-state index contributed by atoms with van der Waals surface area (Å²) in [5.74, 6) is 0.806. The lowest BCUT2D eigenvalue weighted by atomic mass is 9.87. The number of aromatic amines is 1. The van der Waals surface area contributed by atoms with Crippen LogP contribution in [0.1, 0.15) is 66.7 Å². The summed E-state index contributed by atoms with van der Waals surface area (Å²) in [6.45, 7) is 3.64. The van der Waals surface area contributed by atoms with Crippen LogP contribution in [0.2, 0.25) is 0 Å². The van der Waals surface area contributed by atoms with E-state index in [0.717, 1.165) is 11.3 Å². The van der Waals surface area contributed by atoms with E-state index in [9.17, 15) is 4.79 Å². The SMILES string of the molecule is CC(=O)c1[nH]c(C2CCCCC2)cc1C. The van der Waals surface area contributed by atoms with Crippen molar-refractivity contribution in [1.82, 2.24) is 4.98 Å². The van der Waals surface area contributed by atoms with Crippen LogP contribution in [0.5, 0.6) is 0 Å². The van der Waals surface area contributed by atoms with Crippen LogP contribution in [-0.4, -0.2) is 10.8 Å². The van der Waals surface area contributed by atoms with E-state index < -0.39 is 0 Å². The first-order chi connectivity index (χ1) is 7.18. The fraction of sp³-hybridized carbons (Fsp3) is 0.615. The molecular formula is C13H19NO. The van der Waals surface area contributed by atoms with Crippen LogP contribution in [0.4, 0.5) is 0 Å². The Morgan fingerprint density at radius 1 is 1.33 bits per heavy atom. The number of Topliss-reactive ketones (excluding diaryl/α,β-unsaturated/α-hetero) is 1. The number of ketones is 1. The van der Waals surface area contributed by atoms with Gasteiger partial charge in [0, 0.05) is 12.6 Å². The quantitative estimate of drug-likeness (QED) is 0.735. The molecule has 1 heterocycles. The van der Waals surface area contributed by atoms with E-state index >= 15 is 0 Å². The highest BCUT2D eigenvalue weighted by Gasteiger charge is 2.19. The Kier molecular flexibility index (Phi) is 2.94. The lowest BCUT2D eigenvalue weighted by molar-refractivity contribution is 0.101. The van der Waals surface area contributed by atoms with Gasteiger partial charge < -0.3 is 4.98 Å². The second kappa shape index (κ2) is 4.21. The first-order valence-electron chi connectivity index (χ1n) is 5.89. The summed E-state index contributed by atoms with van der Waals surface area (Å²) in [6.07, 6.45) is 6.58. The molecule has 2 rings (SSSR count). The molecule has 1 aromatic heterocycles. The Balaban J connectivity index is 2.21. The number of nitrogens with one attached hydrogen (secondary N) is 1. The highest BCUT2D eigenvalue weighted by atomic mass is 16.1. The van der Waals surface area contributed by atoms with Crippen molar-refractivity contribution in [2.24, 2.45) is 0 Å². The second-order valence-corrected chi connectivity index (χ2v) is 4.67. The molecule has 0 aliphatic heterocycles. The number of rotatable bonds is 2. The Hall–Kier alpha value is -1.05. The van der Waals surface area contributed by atoms with Crippen molar-refractivity contribution in [3.8, 4) is 0 Å². The number of aryl methyl sites for hydroxylation is 1. The van der Waals surface area contributed by atoms with Crippen LogP contribution in [0.25, 0.3) is 0 Å². The summed E-state index contributed by atoms with van der Waals surface area (Å²) in [5, 5.41) is 0. The van der Waals surface area contributed by atoms with Crippen LogP contribution in [0.3, 0.4) is 0 Å². The van der Waals surface area contributed by atoms with Gasteiger partial charge in [-0.1, -0.05) is 19.3 Å². The fourth-order valence-electron chi connectivity index (χ4n) is 2.58. The van der Waals surface area contributed by atoms with Gasteiger partial charge in [0.05, 0.1) is 5.69 Å². The van der Waals surface area contributed by atoms with Crippen LogP contribution < -0.4 is 0 Å². The molecule has 1 saturated carbocycles. The van der Waals surface area contributed by atoms with Crippen molar-refractivity contribution >= 4 is 5.78 Å². The van der Waals surface area contributed by atoms with Gasteiger partial charge in [-0.05, 0) is 37.3 Å². The van der Waals surface area contributed by atoms with Gasteiger partial charge >= 0.3 is 0 Å². The Morgan fingerprint density at radius 2 is 2.00 bits per heavy atom. The molecule has 15 heavy (non-hydrogen) atoms. The monoisotopic (exact) mass is 205 g/mol. The predicted octanol–water partition coefficient (Wildman–Crippen LogP) is 3.57. The smallest absolute Gasteiger partial charge is 0.176 e. The fourth-order valence-corrected chi connectivity index (χ4v) is 2.58. The molecule has 1 aromatic rings. The van der Waals surface area contributed by atoms with E-state index in [0.29, 0.717) is 5.92 Å². The molecule has 0 unspecified atom stereocenters. The first-order valence-corrected chi connectivity index (χ1v) is 5.89. The number of H-pyrrole nitrogens is 1. The molecular weight excluding hydrogens is 186 g/mol. The van der Waals surface area contributed by atoms with Crippen LogP contribution in [-0.2, 0) is 0 Å². The number of carbonyl (C=O) groups is 1. The number of aromatic nitrogens is 1. The van der Waals surface area contributed by atoms with Crippen LogP contribution >= 0.6 is 0 Å². The average molecular weight is 205 g/mol. The highest BCUT2D eigenvalue weighted by molar-refractivity contribution is 5.93. The van der Waals surface area contributed by atoms with Gasteiger partial charge in [-0.2, -0.15) is 0 Å². The largest absolute Gasteiger partial charge is 0.356 e. The zero-order chi connectivity index (χ0) is 10.8. The molecule has 0 aromatic carbocycles. The first kappa shape index (κ1) is 10.5. The zero-order valence-corrected chi connectivity index (χ0v) is 9.60. The maximum Gasteiger partial charge on any atom is 0.176 e. The standard InChI is InChI=1S/C13H19NO/c1-9-8-12(14-13(9)10(2)15)11-6-4-3-5-7-11/h8,11,14H,3-7H2,1-2H3. The summed E-state index contributed by atoms with van der Waals surface area (Å²) < 4.78 is 0. The van der Waals surface area contributed by atoms with Gasteiger partial charge in [0.2, 0.25) is 0 Å². The Morgan fingerprint density at radius 3 is 2.53 bits per heavy atom. The minimum Gasteiger partial charge on any atom is -0.356 e. The van der Waals surface area contributed by atoms with Gasteiger partial charge in [0.15, 0.2) is 5.78 Å². The van der Waals surface area contributed by atoms with E-state index in [2.05, 4.69) is 11.1 Å². The van der Waals surface area contributed by atoms with Gasteiger partial charge in [0.25, 0.3) is 0 Å². The molecule has 82 valence electrons. The topological polar surface area (TPSA) is 32.9 Å². The summed E-state index contributed by atoms with van der Waals surface area (Å²) in [4.78, 5) is 14.6. The minimum absolute atomic E-state index is 0.148. The van der Waals surface area contributed by atoms with E-state index in [1.54, 1.807) is 6.92 Å². The third-order valence-corrected chi connectivity index (χ3v) is 3.43. The third-order valence-electron chi connectivity index (χ3n) is 3.43. The van der Waals surface area contributed by atoms with Crippen LogP contribution in [0, 0.1) is 6.92 Å². The maximum absolute atomic E-state index is 11.3. The van der Waals surface area contributed by atoms with E-state index in [-0.39, 0.29) is 5.78 Å². The Bertz CT molecular complexity index is 359. The van der Waals surface area contributed by atoms with E-state index in [4.69, 9.17) is 0 Å². The lowest BCUT2D eigenvalue weighted by Crippen LogP contribution is -2.05. The molecule has 1 N–H and O–H groups in total. The molecule has 1 fully saturated rings. The predicted molar refractivity (Wildman–Crippen MR) is 61.4 cm³/mol. The van der Waals surface area contributed by atoms with Crippen LogP contribution in [0.15, 0.2) is 6.07 Å². The number of hydrogen-bond donors (Lipinski definition) is 1. The van der Waals surface area contributed by atoms with Crippen molar-refractivity contribution in [3.05, 3.63) is 23.0 Å². The van der Waals surface area contributed by atoms with Crippen molar-refractivity contribution in [2.45, 2.75) is 51.9 Å². The normalized spacial score (nSPS) is 18.0. The van der Waals surface area contributed by atoms with Gasteiger partial charge in [-0.3, -0.25) is 4.79 Å². The molecule has 2 heteroatoms. The van der Waals surface area contributed by atoms with Gasteiger partial charge in [-0.15, -0.1) is 0 Å². The van der Waals surface area contributed by atoms with Gasteiger partial charge in [-0.25, -0.2) is 0 Å². The van der Waals surface area contributed by atoms with Crippen molar-refractivity contribution in [2.75, 3.05) is 0 Å². The third kappa shape index (κ3) is 2.14. The second-order valence-electron chi connectivity index (χ2n) is 4.67. The zero-order valence-electron chi connectivity index (χ0n) is 9.60. The average Bonchev–Trinajstić information content (AvgIpc) is 2.62. The van der Waals surface area contributed by atoms with Crippen molar-refractivity contribution < 1.29 is 4.79 Å². The molecule has 0 saturated heterocycles. The molecule has 0 amide bonds. The van der Waals surface area contributed by atoms with Crippen molar-refractivity contribution in [3.63, 3.8) is 0 Å². The number of carbonyl (C=O) groups excluding carboxylic acids is 1. The molecule has 0 atom stereocenters. The highest BCUT2D eigenvalue weighted by Crippen LogP contribution is 2.32. The molecule has 0 spiro atoms. The van der Waals surface area contributed by atoms with Crippen molar-refractivity contribution in [1.29, 1.82) is 0 Å². The molecule has 1 aliphatic rings. The minimum atomic E-state index is 0.148. The summed E-state index contributed by atoms with van der Waals surface area (Å²) >= 11 is 0. The lowest BCUT2D eigenvalue weighted by Gasteiger charge is -2.20.